The Hall–Kier alpha value is -0.970. The number of hydrogen-bond donors (Lipinski definition) is 2. The van der Waals surface area contributed by atoms with Gasteiger partial charge in [-0.05, 0) is 13.8 Å². The van der Waals surface area contributed by atoms with Crippen LogP contribution < -0.4 is 11.1 Å². The van der Waals surface area contributed by atoms with Gasteiger partial charge in [0.05, 0.1) is 5.38 Å². The molecule has 2 atom stereocenters. The SMILES string of the molecule is CC(Cl)C(C)OC(=O)NC(N)=O. The maximum atomic E-state index is 10.7. The van der Waals surface area contributed by atoms with Crippen molar-refractivity contribution in [1.29, 1.82) is 0 Å². The van der Waals surface area contributed by atoms with Crippen molar-refractivity contribution in [3.63, 3.8) is 0 Å². The highest BCUT2D eigenvalue weighted by Gasteiger charge is 2.14. The number of primary amides is 1. The molecule has 0 aliphatic heterocycles. The number of nitrogens with two attached hydrogens (primary N) is 1. The number of hydrogen-bond acceptors (Lipinski definition) is 3. The quantitative estimate of drug-likeness (QED) is 0.639. The van der Waals surface area contributed by atoms with Crippen LogP contribution in [0.3, 0.4) is 0 Å². The first kappa shape index (κ1) is 11.0. The maximum absolute atomic E-state index is 10.7. The molecule has 0 radical (unpaired) electrons. The summed E-state index contributed by atoms with van der Waals surface area (Å²) < 4.78 is 4.64. The minimum absolute atomic E-state index is 0.316. The van der Waals surface area contributed by atoms with E-state index in [1.54, 1.807) is 19.2 Å². The number of carbonyl (C=O) groups is 2. The zero-order chi connectivity index (χ0) is 9.72. The topological polar surface area (TPSA) is 81.4 Å². The van der Waals surface area contributed by atoms with Crippen molar-refractivity contribution in [2.45, 2.75) is 25.3 Å². The molecule has 0 aliphatic carbocycles. The zero-order valence-electron chi connectivity index (χ0n) is 6.83. The van der Waals surface area contributed by atoms with Crippen LogP contribution in [0.2, 0.25) is 0 Å². The molecule has 0 rings (SSSR count). The van der Waals surface area contributed by atoms with Gasteiger partial charge in [-0.2, -0.15) is 0 Å². The van der Waals surface area contributed by atoms with Crippen LogP contribution in [-0.4, -0.2) is 23.6 Å². The molecule has 3 amide bonds. The van der Waals surface area contributed by atoms with Gasteiger partial charge in [0.2, 0.25) is 0 Å². The molecule has 0 heterocycles. The second kappa shape index (κ2) is 4.82. The molecular weight excluding hydrogens is 184 g/mol. The summed E-state index contributed by atoms with van der Waals surface area (Å²) >= 11 is 5.59. The summed E-state index contributed by atoms with van der Waals surface area (Å²) in [6.07, 6.45) is -1.35. The van der Waals surface area contributed by atoms with E-state index >= 15 is 0 Å². The van der Waals surface area contributed by atoms with Crippen molar-refractivity contribution in [3.8, 4) is 0 Å². The zero-order valence-corrected chi connectivity index (χ0v) is 7.59. The first-order chi connectivity index (χ1) is 5.43. The second-order valence-electron chi connectivity index (χ2n) is 2.28. The van der Waals surface area contributed by atoms with Gasteiger partial charge in [0.1, 0.15) is 6.10 Å². The van der Waals surface area contributed by atoms with Crippen molar-refractivity contribution in [2.75, 3.05) is 0 Å². The standard InChI is InChI=1S/C6H11ClN2O3/c1-3(7)4(2)12-6(11)9-5(8)10/h3-4H,1-2H3,(H3,8,9,10,11). The predicted octanol–water partition coefficient (Wildman–Crippen LogP) is 0.807. The number of urea groups is 1. The second-order valence-corrected chi connectivity index (χ2v) is 2.97. The Morgan fingerprint density at radius 2 is 2.00 bits per heavy atom. The van der Waals surface area contributed by atoms with Gasteiger partial charge in [0.25, 0.3) is 0 Å². The number of alkyl carbamates (subject to hydrolysis) is 1. The Balaban J connectivity index is 3.77. The number of nitrogens with one attached hydrogen (secondary N) is 1. The van der Waals surface area contributed by atoms with Crippen molar-refractivity contribution in [3.05, 3.63) is 0 Å². The van der Waals surface area contributed by atoms with E-state index in [0.717, 1.165) is 0 Å². The van der Waals surface area contributed by atoms with Crippen molar-refractivity contribution in [2.24, 2.45) is 5.73 Å². The summed E-state index contributed by atoms with van der Waals surface area (Å²) in [6, 6.07) is -0.950. The van der Waals surface area contributed by atoms with Crippen molar-refractivity contribution < 1.29 is 14.3 Å². The van der Waals surface area contributed by atoms with E-state index in [4.69, 9.17) is 11.6 Å². The lowest BCUT2D eigenvalue weighted by atomic mass is 10.3. The van der Waals surface area contributed by atoms with E-state index in [-0.39, 0.29) is 5.38 Å². The lowest BCUT2D eigenvalue weighted by Crippen LogP contribution is -2.38. The Morgan fingerprint density at radius 3 is 2.33 bits per heavy atom. The van der Waals surface area contributed by atoms with Crippen LogP contribution in [0.5, 0.6) is 0 Å². The van der Waals surface area contributed by atoms with Crippen LogP contribution in [0.25, 0.3) is 0 Å². The summed E-state index contributed by atoms with van der Waals surface area (Å²) in [5.74, 6) is 0. The molecule has 3 N–H and O–H groups in total. The molecule has 70 valence electrons. The molecule has 0 spiro atoms. The summed E-state index contributed by atoms with van der Waals surface area (Å²) in [5, 5.41) is 1.43. The fourth-order valence-corrected chi connectivity index (χ4v) is 0.444. The molecule has 0 aromatic heterocycles. The van der Waals surface area contributed by atoms with Crippen LogP contribution >= 0.6 is 11.6 Å². The van der Waals surface area contributed by atoms with Gasteiger partial charge in [-0.15, -0.1) is 11.6 Å². The Bertz CT molecular complexity index is 184. The van der Waals surface area contributed by atoms with Gasteiger partial charge in [-0.25, -0.2) is 14.9 Å². The van der Waals surface area contributed by atoms with Crippen LogP contribution in [0.4, 0.5) is 9.59 Å². The predicted molar refractivity (Wildman–Crippen MR) is 44.0 cm³/mol. The fourth-order valence-electron chi connectivity index (χ4n) is 0.393. The molecule has 5 nitrogen and oxygen atoms in total. The minimum atomic E-state index is -0.950. The number of rotatable bonds is 2. The average Bonchev–Trinajstić information content (AvgIpc) is 1.84. The first-order valence-corrected chi connectivity index (χ1v) is 3.78. The van der Waals surface area contributed by atoms with E-state index in [9.17, 15) is 9.59 Å². The molecule has 6 heteroatoms. The van der Waals surface area contributed by atoms with E-state index in [1.807, 2.05) is 0 Å². The lowest BCUT2D eigenvalue weighted by molar-refractivity contribution is 0.109. The normalized spacial score (nSPS) is 14.6. The van der Waals surface area contributed by atoms with Crippen LogP contribution in [-0.2, 0) is 4.74 Å². The number of carbonyl (C=O) groups excluding carboxylic acids is 2. The Morgan fingerprint density at radius 1 is 1.50 bits per heavy atom. The first-order valence-electron chi connectivity index (χ1n) is 3.34. The van der Waals surface area contributed by atoms with E-state index in [0.29, 0.717) is 0 Å². The van der Waals surface area contributed by atoms with Gasteiger partial charge in [0.15, 0.2) is 0 Å². The highest BCUT2D eigenvalue weighted by molar-refractivity contribution is 6.20. The molecule has 2 unspecified atom stereocenters. The van der Waals surface area contributed by atoms with Gasteiger partial charge >= 0.3 is 12.1 Å². The largest absolute Gasteiger partial charge is 0.445 e. The Kier molecular flexibility index (Phi) is 4.43. The molecule has 0 saturated carbocycles. The molecule has 0 bridgehead atoms. The van der Waals surface area contributed by atoms with E-state index in [2.05, 4.69) is 10.5 Å². The molecule has 0 aromatic carbocycles. The molecule has 0 fully saturated rings. The Labute approximate surface area is 75.2 Å². The smallest absolute Gasteiger partial charge is 0.415 e. The summed E-state index contributed by atoms with van der Waals surface area (Å²) in [7, 11) is 0. The van der Waals surface area contributed by atoms with Gasteiger partial charge in [0, 0.05) is 0 Å². The third-order valence-electron chi connectivity index (χ3n) is 1.17. The monoisotopic (exact) mass is 194 g/mol. The number of halogens is 1. The van der Waals surface area contributed by atoms with Gasteiger partial charge in [-0.1, -0.05) is 0 Å². The van der Waals surface area contributed by atoms with Crippen LogP contribution in [0, 0.1) is 0 Å². The van der Waals surface area contributed by atoms with Gasteiger partial charge < -0.3 is 10.5 Å². The highest BCUT2D eigenvalue weighted by atomic mass is 35.5. The van der Waals surface area contributed by atoms with E-state index in [1.165, 1.54) is 0 Å². The number of amides is 3. The lowest BCUT2D eigenvalue weighted by Gasteiger charge is -2.14. The summed E-state index contributed by atoms with van der Waals surface area (Å²) in [6.45, 7) is 3.28. The third kappa shape index (κ3) is 4.79. The van der Waals surface area contributed by atoms with Crippen LogP contribution in [0.1, 0.15) is 13.8 Å². The average molecular weight is 195 g/mol. The number of ether oxygens (including phenoxy) is 1. The number of imide groups is 1. The molecular formula is C6H11ClN2O3. The molecule has 12 heavy (non-hydrogen) atoms. The van der Waals surface area contributed by atoms with Crippen molar-refractivity contribution >= 4 is 23.7 Å². The summed E-state index contributed by atoms with van der Waals surface area (Å²) in [4.78, 5) is 20.8. The minimum Gasteiger partial charge on any atom is -0.445 e. The third-order valence-corrected chi connectivity index (χ3v) is 1.52. The maximum Gasteiger partial charge on any atom is 0.415 e. The molecule has 0 saturated heterocycles. The molecule has 0 aliphatic rings. The van der Waals surface area contributed by atoms with Crippen LogP contribution in [0.15, 0.2) is 0 Å². The highest BCUT2D eigenvalue weighted by Crippen LogP contribution is 2.04. The fraction of sp³-hybridized carbons (Fsp3) is 0.667. The van der Waals surface area contributed by atoms with Crippen molar-refractivity contribution in [1.82, 2.24) is 5.32 Å². The summed E-state index contributed by atoms with van der Waals surface area (Å²) in [5.41, 5.74) is 4.66. The molecule has 0 aromatic rings. The van der Waals surface area contributed by atoms with E-state index < -0.39 is 18.2 Å². The number of alkyl halides is 1. The van der Waals surface area contributed by atoms with Gasteiger partial charge in [-0.3, -0.25) is 0 Å².